The number of aromatic nitrogens is 2. The van der Waals surface area contributed by atoms with Crippen LogP contribution in [0.5, 0.6) is 0 Å². The van der Waals surface area contributed by atoms with Crippen LogP contribution >= 0.6 is 0 Å². The van der Waals surface area contributed by atoms with Crippen molar-refractivity contribution in [1.82, 2.24) is 15.3 Å². The van der Waals surface area contributed by atoms with Crippen LogP contribution in [0, 0.1) is 17.3 Å². The van der Waals surface area contributed by atoms with E-state index in [1.165, 1.54) is 32.1 Å². The van der Waals surface area contributed by atoms with E-state index in [2.05, 4.69) is 43.1 Å². The second-order valence-corrected chi connectivity index (χ2v) is 10.7. The van der Waals surface area contributed by atoms with Crippen LogP contribution in [0.3, 0.4) is 0 Å². The monoisotopic (exact) mass is 424 g/mol. The van der Waals surface area contributed by atoms with Crippen molar-refractivity contribution in [3.05, 3.63) is 30.1 Å². The van der Waals surface area contributed by atoms with Crippen LogP contribution in [0.1, 0.15) is 71.5 Å². The number of amides is 1. The number of carbonyl (C=O) groups excluding carboxylic acids is 1. The van der Waals surface area contributed by atoms with Crippen LogP contribution < -0.4 is 10.2 Å². The lowest BCUT2D eigenvalue weighted by atomic mass is 9.79. The summed E-state index contributed by atoms with van der Waals surface area (Å²) in [6, 6.07) is 8.26. The fourth-order valence-corrected chi connectivity index (χ4v) is 4.63. The molecule has 2 aromatic rings. The van der Waals surface area contributed by atoms with E-state index in [9.17, 15) is 4.79 Å². The summed E-state index contributed by atoms with van der Waals surface area (Å²) in [5.41, 5.74) is 1.09. The first-order valence-electron chi connectivity index (χ1n) is 11.9. The van der Waals surface area contributed by atoms with Crippen molar-refractivity contribution in [1.29, 1.82) is 0 Å². The summed E-state index contributed by atoms with van der Waals surface area (Å²) in [7, 11) is 4.09. The molecule has 5 heteroatoms. The van der Waals surface area contributed by atoms with Crippen molar-refractivity contribution in [3.8, 4) is 0 Å². The van der Waals surface area contributed by atoms with Crippen molar-refractivity contribution in [2.24, 2.45) is 17.3 Å². The topological polar surface area (TPSA) is 58.1 Å². The maximum Gasteiger partial charge on any atom is 0.220 e. The zero-order chi connectivity index (χ0) is 22.4. The Hall–Kier alpha value is -2.17. The molecule has 0 radical (unpaired) electrons. The Morgan fingerprint density at radius 3 is 2.42 bits per heavy atom. The summed E-state index contributed by atoms with van der Waals surface area (Å²) in [6.45, 7) is 7.19. The van der Waals surface area contributed by atoms with Crippen molar-refractivity contribution in [2.75, 3.05) is 25.5 Å². The van der Waals surface area contributed by atoms with Gasteiger partial charge < -0.3 is 10.2 Å². The second kappa shape index (κ2) is 10.4. The van der Waals surface area contributed by atoms with Crippen LogP contribution in [0.4, 0.5) is 5.82 Å². The maximum absolute atomic E-state index is 12.1. The normalized spacial score (nSPS) is 19.4. The fraction of sp³-hybridized carbons (Fsp3) is 0.654. The number of fused-ring (bicyclic) bond motifs is 1. The number of benzene rings is 1. The van der Waals surface area contributed by atoms with E-state index in [-0.39, 0.29) is 11.3 Å². The van der Waals surface area contributed by atoms with E-state index in [1.807, 2.05) is 26.2 Å². The number of anilines is 1. The Balaban J connectivity index is 1.42. The van der Waals surface area contributed by atoms with Crippen LogP contribution in [0.2, 0.25) is 0 Å². The largest absolute Gasteiger partial charge is 0.362 e. The zero-order valence-corrected chi connectivity index (χ0v) is 20.1. The van der Waals surface area contributed by atoms with E-state index < -0.39 is 0 Å². The number of hydrogen-bond donors (Lipinski definition) is 1. The van der Waals surface area contributed by atoms with Crippen LogP contribution in [0.25, 0.3) is 10.9 Å². The van der Waals surface area contributed by atoms with Crippen LogP contribution in [-0.4, -0.2) is 36.5 Å². The minimum Gasteiger partial charge on any atom is -0.362 e. The smallest absolute Gasteiger partial charge is 0.220 e. The van der Waals surface area contributed by atoms with Gasteiger partial charge in [-0.15, -0.1) is 0 Å². The molecule has 31 heavy (non-hydrogen) atoms. The fourth-order valence-electron chi connectivity index (χ4n) is 4.63. The van der Waals surface area contributed by atoms with Crippen molar-refractivity contribution in [3.63, 3.8) is 0 Å². The molecule has 1 aromatic heterocycles. The number of rotatable bonds is 8. The standard InChI is InChI=1S/C26H40N4O/c1-26(2,3)17-24(31)27-18-20-15-13-19(14-16-20)9-8-12-23-28-22-11-7-6-10-21(22)25(29-23)30(4)5/h6-7,10-11,19-20H,8-9,12-18H2,1-5H3,(H,27,31). The van der Waals surface area contributed by atoms with Gasteiger partial charge >= 0.3 is 0 Å². The molecule has 0 spiro atoms. The van der Waals surface area contributed by atoms with Crippen LogP contribution in [0.15, 0.2) is 24.3 Å². The minimum absolute atomic E-state index is 0.0593. The maximum atomic E-state index is 12.1. The van der Waals surface area contributed by atoms with Gasteiger partial charge in [0, 0.05) is 38.9 Å². The molecule has 1 aliphatic rings. The molecule has 0 atom stereocenters. The Labute approximate surface area is 188 Å². The summed E-state index contributed by atoms with van der Waals surface area (Å²) in [5, 5.41) is 4.27. The molecule has 1 saturated carbocycles. The number of carbonyl (C=O) groups is 1. The molecule has 1 N–H and O–H groups in total. The zero-order valence-electron chi connectivity index (χ0n) is 20.1. The number of aryl methyl sites for hydroxylation is 1. The van der Waals surface area contributed by atoms with Crippen molar-refractivity contribution >= 4 is 22.6 Å². The molecule has 0 bridgehead atoms. The summed E-state index contributed by atoms with van der Waals surface area (Å²) in [6.07, 6.45) is 8.96. The molecular formula is C26H40N4O. The predicted molar refractivity (Wildman–Crippen MR) is 129 cm³/mol. The Morgan fingerprint density at radius 1 is 1.06 bits per heavy atom. The van der Waals surface area contributed by atoms with Crippen molar-refractivity contribution in [2.45, 2.75) is 72.1 Å². The summed E-state index contributed by atoms with van der Waals surface area (Å²) in [5.74, 6) is 3.61. The van der Waals surface area contributed by atoms with Crippen LogP contribution in [-0.2, 0) is 11.2 Å². The number of nitrogens with zero attached hydrogens (tertiary/aromatic N) is 3. The van der Waals surface area contributed by atoms with Gasteiger partial charge in [0.2, 0.25) is 5.91 Å². The van der Waals surface area contributed by atoms with Gasteiger partial charge in [-0.3, -0.25) is 4.79 Å². The lowest BCUT2D eigenvalue weighted by Crippen LogP contribution is -2.33. The molecule has 0 unspecified atom stereocenters. The summed E-state index contributed by atoms with van der Waals surface area (Å²) >= 11 is 0. The quantitative estimate of drug-likeness (QED) is 0.618. The number of hydrogen-bond acceptors (Lipinski definition) is 4. The first-order valence-corrected chi connectivity index (χ1v) is 11.9. The van der Waals surface area contributed by atoms with E-state index in [1.54, 1.807) is 0 Å². The van der Waals surface area contributed by atoms with Gasteiger partial charge in [0.05, 0.1) is 5.52 Å². The van der Waals surface area contributed by atoms with E-state index in [0.29, 0.717) is 12.3 Å². The highest BCUT2D eigenvalue weighted by molar-refractivity contribution is 5.89. The average molecular weight is 425 g/mol. The Kier molecular flexibility index (Phi) is 7.90. The van der Waals surface area contributed by atoms with Gasteiger partial charge in [-0.25, -0.2) is 9.97 Å². The third-order valence-corrected chi connectivity index (χ3v) is 6.31. The SMILES string of the molecule is CN(C)c1nc(CCCC2CCC(CNC(=O)CC(C)(C)C)CC2)nc2ccccc12. The van der Waals surface area contributed by atoms with E-state index in [4.69, 9.17) is 9.97 Å². The predicted octanol–water partition coefficient (Wildman–Crippen LogP) is 5.38. The number of para-hydroxylation sites is 1. The highest BCUT2D eigenvalue weighted by Gasteiger charge is 2.22. The van der Waals surface area contributed by atoms with Gasteiger partial charge in [-0.2, -0.15) is 0 Å². The highest BCUT2D eigenvalue weighted by Crippen LogP contribution is 2.32. The molecule has 3 rings (SSSR count). The summed E-state index contributed by atoms with van der Waals surface area (Å²) in [4.78, 5) is 23.8. The molecule has 170 valence electrons. The lowest BCUT2D eigenvalue weighted by molar-refractivity contribution is -0.123. The third kappa shape index (κ3) is 7.19. The van der Waals surface area contributed by atoms with Gasteiger partial charge in [0.15, 0.2) is 0 Å². The first kappa shape index (κ1) is 23.5. The highest BCUT2D eigenvalue weighted by atomic mass is 16.1. The molecular weight excluding hydrogens is 384 g/mol. The van der Waals surface area contributed by atoms with Gasteiger partial charge in [0.25, 0.3) is 0 Å². The van der Waals surface area contributed by atoms with Crippen molar-refractivity contribution < 1.29 is 4.79 Å². The van der Waals surface area contributed by atoms with Gasteiger partial charge in [-0.05, 0) is 48.6 Å². The molecule has 1 heterocycles. The Bertz CT molecular complexity index is 863. The third-order valence-electron chi connectivity index (χ3n) is 6.31. The molecule has 1 amide bonds. The molecule has 1 fully saturated rings. The average Bonchev–Trinajstić information content (AvgIpc) is 2.71. The van der Waals surface area contributed by atoms with E-state index in [0.717, 1.165) is 47.8 Å². The molecule has 0 aliphatic heterocycles. The number of nitrogens with one attached hydrogen (secondary N) is 1. The molecule has 5 nitrogen and oxygen atoms in total. The van der Waals surface area contributed by atoms with Gasteiger partial charge in [0.1, 0.15) is 11.6 Å². The van der Waals surface area contributed by atoms with Gasteiger partial charge in [-0.1, -0.05) is 52.2 Å². The lowest BCUT2D eigenvalue weighted by Gasteiger charge is -2.29. The first-order chi connectivity index (χ1) is 14.7. The molecule has 1 aliphatic carbocycles. The second-order valence-electron chi connectivity index (χ2n) is 10.7. The Morgan fingerprint density at radius 2 is 1.74 bits per heavy atom. The summed E-state index contributed by atoms with van der Waals surface area (Å²) < 4.78 is 0. The van der Waals surface area contributed by atoms with E-state index >= 15 is 0 Å². The minimum atomic E-state index is 0.0593. The molecule has 0 saturated heterocycles. The molecule has 1 aromatic carbocycles.